The Kier molecular flexibility index (Phi) is 4.96. The van der Waals surface area contributed by atoms with Crippen molar-refractivity contribution < 1.29 is 0 Å². The van der Waals surface area contributed by atoms with E-state index in [9.17, 15) is 0 Å². The monoisotopic (exact) mass is 289 g/mol. The first-order valence-corrected chi connectivity index (χ1v) is 7.41. The molecule has 0 saturated heterocycles. The Morgan fingerprint density at radius 2 is 1.90 bits per heavy atom. The summed E-state index contributed by atoms with van der Waals surface area (Å²) >= 11 is 6.24. The Labute approximate surface area is 125 Å². The van der Waals surface area contributed by atoms with Gasteiger partial charge in [-0.2, -0.15) is 0 Å². The average molecular weight is 290 g/mol. The molecule has 0 aliphatic carbocycles. The molecule has 0 fully saturated rings. The Bertz CT molecular complexity index is 596. The summed E-state index contributed by atoms with van der Waals surface area (Å²) in [5.74, 6) is 1.61. The van der Waals surface area contributed by atoms with Crippen LogP contribution in [0.5, 0.6) is 0 Å². The normalized spacial score (nSPS) is 10.6. The Morgan fingerprint density at radius 1 is 1.15 bits per heavy atom. The van der Waals surface area contributed by atoms with Crippen LogP contribution in [0, 0.1) is 6.92 Å². The molecule has 2 aromatic rings. The van der Waals surface area contributed by atoms with Crippen molar-refractivity contribution in [2.45, 2.75) is 33.6 Å². The van der Waals surface area contributed by atoms with Gasteiger partial charge in [0.05, 0.1) is 5.02 Å². The third-order valence-electron chi connectivity index (χ3n) is 3.22. The second-order valence-corrected chi connectivity index (χ2v) is 5.13. The number of nitrogens with one attached hydrogen (secondary N) is 1. The van der Waals surface area contributed by atoms with Crippen LogP contribution in [0.3, 0.4) is 0 Å². The SMILES string of the molecule is CCCNc1nc(-c2ccccc2Cl)nc(C)c1CC. The van der Waals surface area contributed by atoms with Gasteiger partial charge in [-0.3, -0.25) is 0 Å². The molecular weight excluding hydrogens is 270 g/mol. The van der Waals surface area contributed by atoms with Gasteiger partial charge < -0.3 is 5.32 Å². The van der Waals surface area contributed by atoms with Crippen LogP contribution in [-0.4, -0.2) is 16.5 Å². The fourth-order valence-corrected chi connectivity index (χ4v) is 2.39. The van der Waals surface area contributed by atoms with E-state index in [1.165, 1.54) is 5.56 Å². The minimum Gasteiger partial charge on any atom is -0.370 e. The van der Waals surface area contributed by atoms with Crippen molar-refractivity contribution in [1.29, 1.82) is 0 Å². The molecule has 0 aliphatic rings. The van der Waals surface area contributed by atoms with Crippen LogP contribution in [0.25, 0.3) is 11.4 Å². The first-order valence-electron chi connectivity index (χ1n) is 7.03. The summed E-state index contributed by atoms with van der Waals surface area (Å²) in [5.41, 5.74) is 3.06. The van der Waals surface area contributed by atoms with Gasteiger partial charge in [-0.15, -0.1) is 0 Å². The predicted molar refractivity (Wildman–Crippen MR) is 85.4 cm³/mol. The van der Waals surface area contributed by atoms with Gasteiger partial charge in [-0.25, -0.2) is 9.97 Å². The largest absolute Gasteiger partial charge is 0.370 e. The van der Waals surface area contributed by atoms with Gasteiger partial charge in [0.2, 0.25) is 0 Å². The zero-order chi connectivity index (χ0) is 14.5. The summed E-state index contributed by atoms with van der Waals surface area (Å²) in [4.78, 5) is 9.27. The van der Waals surface area contributed by atoms with Crippen LogP contribution in [0.1, 0.15) is 31.5 Å². The number of aromatic nitrogens is 2. The maximum atomic E-state index is 6.24. The molecule has 106 valence electrons. The summed E-state index contributed by atoms with van der Waals surface area (Å²) in [5, 5.41) is 4.07. The van der Waals surface area contributed by atoms with Gasteiger partial charge in [0.1, 0.15) is 5.82 Å². The Morgan fingerprint density at radius 3 is 2.55 bits per heavy atom. The smallest absolute Gasteiger partial charge is 0.163 e. The topological polar surface area (TPSA) is 37.8 Å². The van der Waals surface area contributed by atoms with E-state index in [1.807, 2.05) is 31.2 Å². The average Bonchev–Trinajstić information content (AvgIpc) is 2.45. The van der Waals surface area contributed by atoms with Gasteiger partial charge in [0, 0.05) is 23.4 Å². The number of halogens is 1. The Balaban J connectivity index is 2.50. The summed E-state index contributed by atoms with van der Waals surface area (Å²) < 4.78 is 0. The molecule has 0 saturated carbocycles. The third kappa shape index (κ3) is 3.10. The molecule has 1 heterocycles. The predicted octanol–water partition coefficient (Wildman–Crippen LogP) is 4.49. The maximum absolute atomic E-state index is 6.24. The van der Waals surface area contributed by atoms with Crippen LogP contribution in [0.15, 0.2) is 24.3 Å². The number of anilines is 1. The van der Waals surface area contributed by atoms with Crippen LogP contribution in [0.2, 0.25) is 5.02 Å². The van der Waals surface area contributed by atoms with Gasteiger partial charge in [-0.05, 0) is 31.9 Å². The molecule has 0 spiro atoms. The van der Waals surface area contributed by atoms with E-state index in [2.05, 4.69) is 29.1 Å². The molecule has 0 unspecified atom stereocenters. The fourth-order valence-electron chi connectivity index (χ4n) is 2.17. The van der Waals surface area contributed by atoms with Crippen LogP contribution < -0.4 is 5.32 Å². The lowest BCUT2D eigenvalue weighted by Gasteiger charge is -2.14. The molecule has 4 heteroatoms. The molecule has 0 bridgehead atoms. The molecule has 2 rings (SSSR count). The van der Waals surface area contributed by atoms with Crippen molar-refractivity contribution in [3.63, 3.8) is 0 Å². The highest BCUT2D eigenvalue weighted by Gasteiger charge is 2.12. The highest BCUT2D eigenvalue weighted by Crippen LogP contribution is 2.27. The zero-order valence-corrected chi connectivity index (χ0v) is 13.0. The molecule has 0 atom stereocenters. The van der Waals surface area contributed by atoms with E-state index < -0.39 is 0 Å². The lowest BCUT2D eigenvalue weighted by Crippen LogP contribution is -2.09. The summed E-state index contributed by atoms with van der Waals surface area (Å²) in [7, 11) is 0. The number of aryl methyl sites for hydroxylation is 1. The molecular formula is C16H20ClN3. The first-order chi connectivity index (χ1) is 9.67. The number of nitrogens with zero attached hydrogens (tertiary/aromatic N) is 2. The lowest BCUT2D eigenvalue weighted by molar-refractivity contribution is 0.938. The van der Waals surface area contributed by atoms with E-state index in [0.29, 0.717) is 10.8 Å². The van der Waals surface area contributed by atoms with Crippen LogP contribution >= 0.6 is 11.6 Å². The number of benzene rings is 1. The zero-order valence-electron chi connectivity index (χ0n) is 12.2. The van der Waals surface area contributed by atoms with Crippen molar-refractivity contribution >= 4 is 17.4 Å². The fraction of sp³-hybridized carbons (Fsp3) is 0.375. The van der Waals surface area contributed by atoms with Crippen LogP contribution in [-0.2, 0) is 6.42 Å². The van der Waals surface area contributed by atoms with Gasteiger partial charge in [-0.1, -0.05) is 37.6 Å². The van der Waals surface area contributed by atoms with Crippen molar-refractivity contribution in [3.05, 3.63) is 40.5 Å². The second kappa shape index (κ2) is 6.71. The molecule has 0 radical (unpaired) electrons. The summed E-state index contributed by atoms with van der Waals surface area (Å²) in [6.45, 7) is 7.20. The van der Waals surface area contributed by atoms with Gasteiger partial charge in [0.15, 0.2) is 5.82 Å². The molecule has 1 N–H and O–H groups in total. The molecule has 20 heavy (non-hydrogen) atoms. The van der Waals surface area contributed by atoms with Crippen molar-refractivity contribution in [2.75, 3.05) is 11.9 Å². The summed E-state index contributed by atoms with van der Waals surface area (Å²) in [6.07, 6.45) is 1.98. The maximum Gasteiger partial charge on any atom is 0.163 e. The molecule has 0 aliphatic heterocycles. The van der Waals surface area contributed by atoms with E-state index in [1.54, 1.807) is 0 Å². The number of hydrogen-bond donors (Lipinski definition) is 1. The highest BCUT2D eigenvalue weighted by molar-refractivity contribution is 6.33. The van der Waals surface area contributed by atoms with Gasteiger partial charge >= 0.3 is 0 Å². The minimum atomic E-state index is 0.678. The third-order valence-corrected chi connectivity index (χ3v) is 3.55. The first kappa shape index (κ1) is 14.8. The lowest BCUT2D eigenvalue weighted by atomic mass is 10.1. The second-order valence-electron chi connectivity index (χ2n) is 4.72. The van der Waals surface area contributed by atoms with Crippen molar-refractivity contribution in [3.8, 4) is 11.4 Å². The van der Waals surface area contributed by atoms with Crippen LogP contribution in [0.4, 0.5) is 5.82 Å². The van der Waals surface area contributed by atoms with E-state index in [0.717, 1.165) is 36.5 Å². The highest BCUT2D eigenvalue weighted by atomic mass is 35.5. The number of hydrogen-bond acceptors (Lipinski definition) is 3. The Hall–Kier alpha value is -1.61. The van der Waals surface area contributed by atoms with Crippen molar-refractivity contribution in [1.82, 2.24) is 9.97 Å². The quantitative estimate of drug-likeness (QED) is 0.881. The van der Waals surface area contributed by atoms with E-state index in [4.69, 9.17) is 11.6 Å². The van der Waals surface area contributed by atoms with E-state index in [-0.39, 0.29) is 0 Å². The van der Waals surface area contributed by atoms with E-state index >= 15 is 0 Å². The minimum absolute atomic E-state index is 0.678. The summed E-state index contributed by atoms with van der Waals surface area (Å²) in [6, 6.07) is 7.68. The molecule has 3 nitrogen and oxygen atoms in total. The van der Waals surface area contributed by atoms with Gasteiger partial charge in [0.25, 0.3) is 0 Å². The molecule has 0 amide bonds. The standard InChI is InChI=1S/C16H20ClN3/c1-4-10-18-15-12(5-2)11(3)19-16(20-15)13-8-6-7-9-14(13)17/h6-9H,4-5,10H2,1-3H3,(H,18,19,20). The molecule has 1 aromatic carbocycles. The van der Waals surface area contributed by atoms with Crippen molar-refractivity contribution in [2.24, 2.45) is 0 Å². The number of rotatable bonds is 5. The molecule has 1 aromatic heterocycles.